The van der Waals surface area contributed by atoms with Gasteiger partial charge in [0, 0.05) is 4.90 Å². The van der Waals surface area contributed by atoms with Crippen LogP contribution >= 0.6 is 11.8 Å². The Bertz CT molecular complexity index is 456. The molecule has 0 aliphatic carbocycles. The molecule has 0 saturated heterocycles. The molecule has 1 aliphatic heterocycles. The van der Waals surface area contributed by atoms with E-state index >= 15 is 0 Å². The number of hydrogen-bond acceptors (Lipinski definition) is 4. The lowest BCUT2D eigenvalue weighted by atomic mass is 10.3. The van der Waals surface area contributed by atoms with Crippen molar-refractivity contribution in [3.05, 3.63) is 24.3 Å². The van der Waals surface area contributed by atoms with Crippen molar-refractivity contribution in [1.82, 2.24) is 0 Å². The molecule has 1 aromatic carbocycles. The van der Waals surface area contributed by atoms with Gasteiger partial charge in [0.1, 0.15) is 0 Å². The second kappa shape index (κ2) is 4.45. The molecule has 0 aromatic heterocycles. The fraction of sp³-hybridized carbons (Fsp3) is 0.273. The van der Waals surface area contributed by atoms with Gasteiger partial charge in [0.2, 0.25) is 0 Å². The van der Waals surface area contributed by atoms with Crippen LogP contribution in [0.25, 0.3) is 0 Å². The number of hydrogen-bond donors (Lipinski definition) is 0. The molecule has 0 saturated carbocycles. The molecule has 2 rings (SSSR count). The van der Waals surface area contributed by atoms with Crippen molar-refractivity contribution in [3.8, 4) is 6.07 Å². The molecule has 1 heterocycles. The molecule has 1 aromatic rings. The van der Waals surface area contributed by atoms with Crippen LogP contribution in [-0.4, -0.2) is 18.1 Å². The van der Waals surface area contributed by atoms with E-state index < -0.39 is 11.5 Å². The summed E-state index contributed by atoms with van der Waals surface area (Å²) < 4.78 is 4.94. The lowest BCUT2D eigenvalue weighted by molar-refractivity contribution is 0.160. The number of para-hydroxylation sites is 1. The SMILES string of the molecule is CCOC(=O)N1c2ccccc2S[C@H]1C#N. The van der Waals surface area contributed by atoms with Crippen molar-refractivity contribution in [3.63, 3.8) is 0 Å². The maximum atomic E-state index is 11.7. The fourth-order valence-corrected chi connectivity index (χ4v) is 2.57. The summed E-state index contributed by atoms with van der Waals surface area (Å²) in [5.41, 5.74) is 0.748. The van der Waals surface area contributed by atoms with Gasteiger partial charge in [-0.25, -0.2) is 4.79 Å². The summed E-state index contributed by atoms with van der Waals surface area (Å²) in [6.45, 7) is 2.05. The standard InChI is InChI=1S/C11H10N2O2S/c1-2-15-11(14)13-8-5-3-4-6-9(8)16-10(13)7-12/h3-6,10H,2H2,1H3/t10-/m0/s1. The number of fused-ring (bicyclic) bond motifs is 1. The Kier molecular flexibility index (Phi) is 3.02. The molecule has 5 heteroatoms. The summed E-state index contributed by atoms with van der Waals surface area (Å²) in [5.74, 6) is 0. The third-order valence-electron chi connectivity index (χ3n) is 2.17. The highest BCUT2D eigenvalue weighted by Crippen LogP contribution is 2.43. The van der Waals surface area contributed by atoms with E-state index in [1.54, 1.807) is 6.92 Å². The third kappa shape index (κ3) is 1.72. The largest absolute Gasteiger partial charge is 0.449 e. The number of anilines is 1. The first-order valence-corrected chi connectivity index (χ1v) is 5.77. The molecule has 0 bridgehead atoms. The molecule has 1 amide bonds. The van der Waals surface area contributed by atoms with E-state index in [1.165, 1.54) is 16.7 Å². The smallest absolute Gasteiger partial charge is 0.416 e. The van der Waals surface area contributed by atoms with Crippen LogP contribution in [0.15, 0.2) is 29.2 Å². The molecule has 0 fully saturated rings. The zero-order valence-electron chi connectivity index (χ0n) is 8.71. The van der Waals surface area contributed by atoms with Gasteiger partial charge in [-0.05, 0) is 19.1 Å². The lowest BCUT2D eigenvalue weighted by Crippen LogP contribution is -2.35. The van der Waals surface area contributed by atoms with Gasteiger partial charge < -0.3 is 4.74 Å². The molecule has 0 unspecified atom stereocenters. The summed E-state index contributed by atoms with van der Waals surface area (Å²) in [4.78, 5) is 14.0. The lowest BCUT2D eigenvalue weighted by Gasteiger charge is -2.18. The number of carbonyl (C=O) groups excluding carboxylic acids is 1. The summed E-state index contributed by atoms with van der Waals surface area (Å²) >= 11 is 1.36. The molecule has 0 N–H and O–H groups in total. The number of thioether (sulfide) groups is 1. The summed E-state index contributed by atoms with van der Waals surface area (Å²) in [5, 5.41) is 8.47. The number of nitriles is 1. The van der Waals surface area contributed by atoms with Gasteiger partial charge in [-0.2, -0.15) is 5.26 Å². The fourth-order valence-electron chi connectivity index (χ4n) is 1.53. The van der Waals surface area contributed by atoms with Crippen molar-refractivity contribution in [2.75, 3.05) is 11.5 Å². The topological polar surface area (TPSA) is 53.3 Å². The number of rotatable bonds is 1. The van der Waals surface area contributed by atoms with E-state index in [0.717, 1.165) is 10.6 Å². The van der Waals surface area contributed by atoms with Gasteiger partial charge in [0.15, 0.2) is 5.37 Å². The summed E-state index contributed by atoms with van der Waals surface area (Å²) in [7, 11) is 0. The Hall–Kier alpha value is -1.67. The quantitative estimate of drug-likeness (QED) is 0.749. The second-order valence-corrected chi connectivity index (χ2v) is 4.26. The Morgan fingerprint density at radius 3 is 3.06 bits per heavy atom. The van der Waals surface area contributed by atoms with E-state index in [0.29, 0.717) is 6.61 Å². The maximum Gasteiger partial charge on any atom is 0.416 e. The van der Waals surface area contributed by atoms with Crippen LogP contribution in [0, 0.1) is 11.3 Å². The van der Waals surface area contributed by atoms with Crippen LogP contribution in [-0.2, 0) is 4.74 Å². The highest BCUT2D eigenvalue weighted by molar-refractivity contribution is 8.00. The average Bonchev–Trinajstić information content (AvgIpc) is 2.67. The van der Waals surface area contributed by atoms with E-state index in [-0.39, 0.29) is 0 Å². The van der Waals surface area contributed by atoms with E-state index in [4.69, 9.17) is 10.00 Å². The van der Waals surface area contributed by atoms with Crippen molar-refractivity contribution in [2.45, 2.75) is 17.2 Å². The second-order valence-electron chi connectivity index (χ2n) is 3.14. The highest BCUT2D eigenvalue weighted by atomic mass is 32.2. The third-order valence-corrected chi connectivity index (χ3v) is 3.31. The minimum absolute atomic E-state index is 0.306. The Balaban J connectivity index is 2.35. The molecule has 0 spiro atoms. The van der Waals surface area contributed by atoms with Crippen LogP contribution in [0.5, 0.6) is 0 Å². The zero-order chi connectivity index (χ0) is 11.5. The number of amides is 1. The molecular weight excluding hydrogens is 224 g/mol. The van der Waals surface area contributed by atoms with Crippen molar-refractivity contribution in [1.29, 1.82) is 5.26 Å². The predicted molar refractivity (Wildman–Crippen MR) is 61.2 cm³/mol. The zero-order valence-corrected chi connectivity index (χ0v) is 9.53. The van der Waals surface area contributed by atoms with Gasteiger partial charge >= 0.3 is 6.09 Å². The van der Waals surface area contributed by atoms with Crippen LogP contribution < -0.4 is 4.90 Å². The van der Waals surface area contributed by atoms with Crippen molar-refractivity contribution >= 4 is 23.5 Å². The van der Waals surface area contributed by atoms with E-state index in [1.807, 2.05) is 24.3 Å². The molecule has 1 atom stereocenters. The summed E-state index contributed by atoms with van der Waals surface area (Å²) in [6, 6.07) is 9.52. The minimum Gasteiger partial charge on any atom is -0.449 e. The first-order chi connectivity index (χ1) is 7.77. The van der Waals surface area contributed by atoms with Gasteiger partial charge in [0.25, 0.3) is 0 Å². The minimum atomic E-state index is -0.531. The van der Waals surface area contributed by atoms with Crippen LogP contribution in [0.4, 0.5) is 10.5 Å². The molecule has 1 aliphatic rings. The Labute approximate surface area is 97.8 Å². The molecule has 82 valence electrons. The highest BCUT2D eigenvalue weighted by Gasteiger charge is 2.35. The molecule has 0 radical (unpaired) electrons. The van der Waals surface area contributed by atoms with Gasteiger partial charge in [0.05, 0.1) is 18.4 Å². The number of benzene rings is 1. The van der Waals surface area contributed by atoms with Gasteiger partial charge in [-0.3, -0.25) is 4.90 Å². The monoisotopic (exact) mass is 234 g/mol. The van der Waals surface area contributed by atoms with Crippen molar-refractivity contribution in [2.24, 2.45) is 0 Å². The molecule has 4 nitrogen and oxygen atoms in total. The van der Waals surface area contributed by atoms with Crippen molar-refractivity contribution < 1.29 is 9.53 Å². The van der Waals surface area contributed by atoms with E-state index in [9.17, 15) is 4.79 Å². The number of carbonyl (C=O) groups is 1. The Morgan fingerprint density at radius 2 is 2.38 bits per heavy atom. The number of ether oxygens (including phenoxy) is 1. The van der Waals surface area contributed by atoms with Crippen LogP contribution in [0.2, 0.25) is 0 Å². The number of nitrogens with zero attached hydrogens (tertiary/aromatic N) is 2. The predicted octanol–water partition coefficient (Wildman–Crippen LogP) is 2.60. The average molecular weight is 234 g/mol. The maximum absolute atomic E-state index is 11.7. The van der Waals surface area contributed by atoms with Crippen LogP contribution in [0.3, 0.4) is 0 Å². The first kappa shape index (κ1) is 10.8. The Morgan fingerprint density at radius 1 is 1.62 bits per heavy atom. The summed E-state index contributed by atoms with van der Waals surface area (Å²) in [6.07, 6.45) is -0.466. The van der Waals surface area contributed by atoms with E-state index in [2.05, 4.69) is 6.07 Å². The van der Waals surface area contributed by atoms with Gasteiger partial charge in [-0.1, -0.05) is 23.9 Å². The molecular formula is C11H10N2O2S. The normalized spacial score (nSPS) is 17.8. The molecule has 16 heavy (non-hydrogen) atoms. The first-order valence-electron chi connectivity index (χ1n) is 4.89. The van der Waals surface area contributed by atoms with Gasteiger partial charge in [-0.15, -0.1) is 0 Å². The van der Waals surface area contributed by atoms with Crippen LogP contribution in [0.1, 0.15) is 6.92 Å².